The molecule has 2 N–H and O–H groups in total. The van der Waals surface area contributed by atoms with Gasteiger partial charge in [-0.1, -0.05) is 18.2 Å². The number of nitrogens with zero attached hydrogens (tertiary/aromatic N) is 2. The van der Waals surface area contributed by atoms with E-state index in [0.717, 1.165) is 27.6 Å². The molecule has 0 aliphatic carbocycles. The number of piperidine rings is 1. The average Bonchev–Trinajstić information content (AvgIpc) is 3.20. The number of halogens is 1. The first-order valence-electron chi connectivity index (χ1n) is 10.2. The van der Waals surface area contributed by atoms with Crippen LogP contribution in [0.3, 0.4) is 0 Å². The third-order valence-electron chi connectivity index (χ3n) is 6.22. The molecule has 2 aromatic carbocycles. The number of rotatable bonds is 5. The van der Waals surface area contributed by atoms with Crippen molar-refractivity contribution in [3.63, 3.8) is 0 Å². The molecule has 158 valence electrons. The Labute approximate surface area is 174 Å². The third kappa shape index (κ3) is 3.89. The molecule has 0 saturated carbocycles. The number of H-pyrrole nitrogens is 1. The molecule has 7 heteroatoms. The minimum absolute atomic E-state index is 0.178. The SMILES string of the molecule is Cc1cc(C(C)OCC2(c3ccc(F)cc3)CCN(C(=O)O)CC2)c2[nH]ncc2c1. The molecule has 1 aliphatic rings. The van der Waals surface area contributed by atoms with Crippen LogP contribution in [0.15, 0.2) is 42.6 Å². The summed E-state index contributed by atoms with van der Waals surface area (Å²) in [4.78, 5) is 12.8. The molecule has 1 unspecified atom stereocenters. The molecular weight excluding hydrogens is 385 g/mol. The van der Waals surface area contributed by atoms with Crippen LogP contribution in [0.25, 0.3) is 10.9 Å². The lowest BCUT2D eigenvalue weighted by Crippen LogP contribution is -2.47. The van der Waals surface area contributed by atoms with Crippen LogP contribution in [0.1, 0.15) is 42.6 Å². The van der Waals surface area contributed by atoms with E-state index >= 15 is 0 Å². The number of likely N-dealkylation sites (tertiary alicyclic amines) is 1. The molecule has 0 bridgehead atoms. The van der Waals surface area contributed by atoms with Crippen molar-refractivity contribution in [2.45, 2.75) is 38.2 Å². The van der Waals surface area contributed by atoms with E-state index in [-0.39, 0.29) is 17.3 Å². The summed E-state index contributed by atoms with van der Waals surface area (Å²) in [5, 5.41) is 17.6. The van der Waals surface area contributed by atoms with E-state index in [9.17, 15) is 14.3 Å². The Bertz CT molecular complexity index is 1040. The molecular formula is C23H26FN3O3. The minimum atomic E-state index is -0.904. The molecule has 1 atom stereocenters. The molecule has 30 heavy (non-hydrogen) atoms. The fourth-order valence-corrected chi connectivity index (χ4v) is 4.38. The molecule has 3 aromatic rings. The van der Waals surface area contributed by atoms with Gasteiger partial charge in [0, 0.05) is 29.5 Å². The molecule has 0 radical (unpaired) electrons. The van der Waals surface area contributed by atoms with Gasteiger partial charge in [-0.15, -0.1) is 0 Å². The number of amides is 1. The first-order chi connectivity index (χ1) is 14.4. The van der Waals surface area contributed by atoms with Gasteiger partial charge in [0.05, 0.1) is 24.4 Å². The fraction of sp³-hybridized carbons (Fsp3) is 0.391. The topological polar surface area (TPSA) is 78.5 Å². The van der Waals surface area contributed by atoms with Crippen LogP contribution >= 0.6 is 0 Å². The summed E-state index contributed by atoms with van der Waals surface area (Å²) >= 11 is 0. The Kier molecular flexibility index (Phi) is 5.47. The maximum absolute atomic E-state index is 13.5. The van der Waals surface area contributed by atoms with E-state index in [1.54, 1.807) is 18.3 Å². The Morgan fingerprint density at radius 3 is 2.67 bits per heavy atom. The molecule has 1 saturated heterocycles. The van der Waals surface area contributed by atoms with Gasteiger partial charge in [0.2, 0.25) is 0 Å². The number of aromatic amines is 1. The number of aromatic nitrogens is 2. The fourth-order valence-electron chi connectivity index (χ4n) is 4.38. The molecule has 4 rings (SSSR count). The van der Waals surface area contributed by atoms with Crippen LogP contribution in [-0.2, 0) is 10.2 Å². The average molecular weight is 411 g/mol. The maximum atomic E-state index is 13.5. The van der Waals surface area contributed by atoms with Crippen molar-refractivity contribution in [3.05, 3.63) is 65.1 Å². The lowest BCUT2D eigenvalue weighted by Gasteiger charge is -2.41. The van der Waals surface area contributed by atoms with Crippen LogP contribution in [0, 0.1) is 12.7 Å². The summed E-state index contributed by atoms with van der Waals surface area (Å²) in [6.45, 7) is 5.35. The lowest BCUT2D eigenvalue weighted by molar-refractivity contribution is 0.00555. The summed E-state index contributed by atoms with van der Waals surface area (Å²) in [5.74, 6) is -0.285. The van der Waals surface area contributed by atoms with Crippen molar-refractivity contribution >= 4 is 17.0 Å². The number of ether oxygens (including phenoxy) is 1. The highest BCUT2D eigenvalue weighted by molar-refractivity contribution is 5.82. The van der Waals surface area contributed by atoms with E-state index in [4.69, 9.17) is 4.74 Å². The summed E-state index contributed by atoms with van der Waals surface area (Å²) in [6, 6.07) is 10.7. The van der Waals surface area contributed by atoms with Gasteiger partial charge in [0.1, 0.15) is 5.82 Å². The Hall–Kier alpha value is -2.93. The standard InChI is InChI=1S/C23H26FN3O3/c1-15-11-17-13-25-26-21(17)20(12-15)16(2)30-14-23(18-3-5-19(24)6-4-18)7-9-27(10-8-23)22(28)29/h3-6,11-13,16H,7-10,14H2,1-2H3,(H,25,26)(H,28,29). The highest BCUT2D eigenvalue weighted by Crippen LogP contribution is 2.38. The molecule has 0 spiro atoms. The van der Waals surface area contributed by atoms with E-state index < -0.39 is 6.09 Å². The van der Waals surface area contributed by atoms with Crippen LogP contribution in [0.4, 0.5) is 9.18 Å². The number of benzene rings is 2. The first kappa shape index (κ1) is 20.3. The number of nitrogens with one attached hydrogen (secondary N) is 1. The summed E-state index contributed by atoms with van der Waals surface area (Å²) in [6.07, 6.45) is 1.98. The van der Waals surface area contributed by atoms with Gasteiger partial charge in [-0.3, -0.25) is 5.10 Å². The normalized spacial score (nSPS) is 17.2. The van der Waals surface area contributed by atoms with Gasteiger partial charge in [-0.05, 0) is 56.0 Å². The zero-order valence-electron chi connectivity index (χ0n) is 17.2. The number of aryl methyl sites for hydroxylation is 1. The van der Waals surface area contributed by atoms with Crippen molar-refractivity contribution in [1.82, 2.24) is 15.1 Å². The zero-order chi connectivity index (χ0) is 21.3. The van der Waals surface area contributed by atoms with Gasteiger partial charge < -0.3 is 14.7 Å². The number of carboxylic acid groups (broad SMARTS) is 1. The highest BCUT2D eigenvalue weighted by Gasteiger charge is 2.38. The number of carbonyl (C=O) groups is 1. The summed E-state index contributed by atoms with van der Waals surface area (Å²) < 4.78 is 19.9. The van der Waals surface area contributed by atoms with Crippen molar-refractivity contribution in [3.8, 4) is 0 Å². The monoisotopic (exact) mass is 411 g/mol. The van der Waals surface area contributed by atoms with Crippen LogP contribution in [0.5, 0.6) is 0 Å². The number of fused-ring (bicyclic) bond motifs is 1. The lowest BCUT2D eigenvalue weighted by atomic mass is 9.73. The van der Waals surface area contributed by atoms with Crippen molar-refractivity contribution in [1.29, 1.82) is 0 Å². The highest BCUT2D eigenvalue weighted by atomic mass is 19.1. The smallest absolute Gasteiger partial charge is 0.407 e. The van der Waals surface area contributed by atoms with Crippen molar-refractivity contribution < 1.29 is 19.0 Å². The number of hydrogen-bond acceptors (Lipinski definition) is 3. The largest absolute Gasteiger partial charge is 0.465 e. The molecule has 1 aromatic heterocycles. The predicted octanol–water partition coefficient (Wildman–Crippen LogP) is 4.80. The summed E-state index contributed by atoms with van der Waals surface area (Å²) in [7, 11) is 0. The van der Waals surface area contributed by atoms with Crippen LogP contribution in [-0.4, -0.2) is 46.0 Å². The zero-order valence-corrected chi connectivity index (χ0v) is 17.2. The predicted molar refractivity (Wildman–Crippen MR) is 112 cm³/mol. The van der Waals surface area contributed by atoms with Gasteiger partial charge in [0.25, 0.3) is 0 Å². The second-order valence-electron chi connectivity index (χ2n) is 8.20. The van der Waals surface area contributed by atoms with Crippen LogP contribution in [0.2, 0.25) is 0 Å². The van der Waals surface area contributed by atoms with Gasteiger partial charge in [-0.2, -0.15) is 5.10 Å². The Morgan fingerprint density at radius 1 is 1.30 bits per heavy atom. The van der Waals surface area contributed by atoms with E-state index in [1.165, 1.54) is 17.0 Å². The van der Waals surface area contributed by atoms with E-state index in [2.05, 4.69) is 22.3 Å². The van der Waals surface area contributed by atoms with Crippen LogP contribution < -0.4 is 0 Å². The van der Waals surface area contributed by atoms with Crippen molar-refractivity contribution in [2.24, 2.45) is 0 Å². The second-order valence-corrected chi connectivity index (χ2v) is 8.20. The second kappa shape index (κ2) is 8.07. The van der Waals surface area contributed by atoms with E-state index in [0.29, 0.717) is 32.5 Å². The molecule has 1 fully saturated rings. The molecule has 2 heterocycles. The van der Waals surface area contributed by atoms with Gasteiger partial charge in [-0.25, -0.2) is 9.18 Å². The Balaban J connectivity index is 1.58. The Morgan fingerprint density at radius 2 is 2.00 bits per heavy atom. The number of hydrogen-bond donors (Lipinski definition) is 2. The first-order valence-corrected chi connectivity index (χ1v) is 10.2. The van der Waals surface area contributed by atoms with Gasteiger partial charge >= 0.3 is 6.09 Å². The minimum Gasteiger partial charge on any atom is -0.465 e. The molecule has 1 aliphatic heterocycles. The third-order valence-corrected chi connectivity index (χ3v) is 6.22. The van der Waals surface area contributed by atoms with Gasteiger partial charge in [0.15, 0.2) is 0 Å². The molecule has 6 nitrogen and oxygen atoms in total. The quantitative estimate of drug-likeness (QED) is 0.632. The maximum Gasteiger partial charge on any atom is 0.407 e. The van der Waals surface area contributed by atoms with Crippen molar-refractivity contribution in [2.75, 3.05) is 19.7 Å². The summed E-state index contributed by atoms with van der Waals surface area (Å²) in [5.41, 5.74) is 3.77. The van der Waals surface area contributed by atoms with E-state index in [1.807, 2.05) is 13.8 Å². The molecule has 1 amide bonds.